The first-order valence-electron chi connectivity index (χ1n) is 7.40. The van der Waals surface area contributed by atoms with Gasteiger partial charge in [0.2, 0.25) is 0 Å². The van der Waals surface area contributed by atoms with E-state index in [1.807, 2.05) is 50.8 Å². The monoisotopic (exact) mass is 301 g/mol. The smallest absolute Gasteiger partial charge is 0.407 e. The summed E-state index contributed by atoms with van der Waals surface area (Å²) in [6.07, 6.45) is 6.31. The molecule has 1 amide bonds. The quantitative estimate of drug-likeness (QED) is 0.879. The molecule has 0 spiro atoms. The standard InChI is InChI=1S/C17H23N3O2/c1-17(2,3)22-16(21)18-10-6-5-7-13-8-9-14-12-19-20(4)15(14)11-13/h5,7-9,11-12H,6,10H2,1-4H3,(H,18,21). The van der Waals surface area contributed by atoms with Crippen molar-refractivity contribution in [1.29, 1.82) is 0 Å². The largest absolute Gasteiger partial charge is 0.444 e. The number of hydrogen-bond acceptors (Lipinski definition) is 3. The number of nitrogens with one attached hydrogen (secondary N) is 1. The maximum absolute atomic E-state index is 11.5. The summed E-state index contributed by atoms with van der Waals surface area (Å²) in [6, 6.07) is 6.21. The van der Waals surface area contributed by atoms with E-state index in [-0.39, 0.29) is 6.09 Å². The highest BCUT2D eigenvalue weighted by molar-refractivity contribution is 5.81. The summed E-state index contributed by atoms with van der Waals surface area (Å²) in [4.78, 5) is 11.5. The molecule has 0 aliphatic carbocycles. The lowest BCUT2D eigenvalue weighted by atomic mass is 10.1. The molecule has 0 unspecified atom stereocenters. The van der Waals surface area contributed by atoms with Gasteiger partial charge in [-0.1, -0.05) is 24.3 Å². The molecule has 2 aromatic rings. The molecule has 0 saturated carbocycles. The van der Waals surface area contributed by atoms with Gasteiger partial charge in [0.1, 0.15) is 5.60 Å². The van der Waals surface area contributed by atoms with E-state index in [4.69, 9.17) is 4.74 Å². The van der Waals surface area contributed by atoms with Crippen molar-refractivity contribution >= 4 is 23.1 Å². The molecule has 118 valence electrons. The zero-order chi connectivity index (χ0) is 16.2. The molecule has 1 aromatic heterocycles. The summed E-state index contributed by atoms with van der Waals surface area (Å²) >= 11 is 0. The van der Waals surface area contributed by atoms with Crippen LogP contribution in [0.4, 0.5) is 4.79 Å². The van der Waals surface area contributed by atoms with E-state index in [1.165, 1.54) is 0 Å². The zero-order valence-electron chi connectivity index (χ0n) is 13.6. The highest BCUT2D eigenvalue weighted by Gasteiger charge is 2.15. The third-order valence-corrected chi connectivity index (χ3v) is 3.06. The van der Waals surface area contributed by atoms with Crippen LogP contribution in [0.1, 0.15) is 32.8 Å². The van der Waals surface area contributed by atoms with E-state index in [0.717, 1.165) is 22.9 Å². The molecule has 1 aromatic carbocycles. The van der Waals surface area contributed by atoms with Gasteiger partial charge in [-0.3, -0.25) is 4.68 Å². The van der Waals surface area contributed by atoms with Crippen molar-refractivity contribution in [1.82, 2.24) is 15.1 Å². The summed E-state index contributed by atoms with van der Waals surface area (Å²) in [7, 11) is 1.93. The van der Waals surface area contributed by atoms with Crippen LogP contribution in [0.15, 0.2) is 30.5 Å². The number of alkyl carbamates (subject to hydrolysis) is 1. The minimum absolute atomic E-state index is 0.378. The van der Waals surface area contributed by atoms with Gasteiger partial charge in [0.25, 0.3) is 0 Å². The van der Waals surface area contributed by atoms with E-state index >= 15 is 0 Å². The van der Waals surface area contributed by atoms with Gasteiger partial charge in [0.15, 0.2) is 0 Å². The maximum atomic E-state index is 11.5. The molecule has 1 N–H and O–H groups in total. The van der Waals surface area contributed by atoms with Crippen LogP contribution in [0.5, 0.6) is 0 Å². The molecule has 1 heterocycles. The van der Waals surface area contributed by atoms with Gasteiger partial charge in [-0.2, -0.15) is 5.10 Å². The maximum Gasteiger partial charge on any atom is 0.407 e. The van der Waals surface area contributed by atoms with E-state index < -0.39 is 5.60 Å². The predicted octanol–water partition coefficient (Wildman–Crippen LogP) is 3.50. The van der Waals surface area contributed by atoms with Gasteiger partial charge in [-0.25, -0.2) is 4.79 Å². The third-order valence-electron chi connectivity index (χ3n) is 3.06. The van der Waals surface area contributed by atoms with Crippen LogP contribution in [0.2, 0.25) is 0 Å². The van der Waals surface area contributed by atoms with Crippen molar-refractivity contribution in [2.24, 2.45) is 7.05 Å². The number of ether oxygens (including phenoxy) is 1. The number of benzene rings is 1. The Morgan fingerprint density at radius 1 is 1.41 bits per heavy atom. The Balaban J connectivity index is 1.82. The molecule has 0 radical (unpaired) electrons. The van der Waals surface area contributed by atoms with Gasteiger partial charge in [-0.15, -0.1) is 0 Å². The summed E-state index contributed by atoms with van der Waals surface area (Å²) in [5, 5.41) is 8.09. The van der Waals surface area contributed by atoms with Crippen molar-refractivity contribution in [3.05, 3.63) is 36.0 Å². The molecule has 5 heteroatoms. The Labute approximate surface area is 131 Å². The summed E-state index contributed by atoms with van der Waals surface area (Å²) < 4.78 is 7.03. The number of nitrogens with zero attached hydrogens (tertiary/aromatic N) is 2. The second-order valence-electron chi connectivity index (χ2n) is 6.21. The second-order valence-corrected chi connectivity index (χ2v) is 6.21. The predicted molar refractivity (Wildman–Crippen MR) is 88.6 cm³/mol. The Bertz CT molecular complexity index is 681. The van der Waals surface area contributed by atoms with Crippen LogP contribution >= 0.6 is 0 Å². The highest BCUT2D eigenvalue weighted by atomic mass is 16.6. The van der Waals surface area contributed by atoms with Crippen LogP contribution in [-0.2, 0) is 11.8 Å². The van der Waals surface area contributed by atoms with Gasteiger partial charge in [0, 0.05) is 19.0 Å². The van der Waals surface area contributed by atoms with Crippen molar-refractivity contribution in [3.63, 3.8) is 0 Å². The fourth-order valence-corrected chi connectivity index (χ4v) is 2.06. The van der Waals surface area contributed by atoms with Crippen molar-refractivity contribution in [2.45, 2.75) is 32.8 Å². The van der Waals surface area contributed by atoms with Crippen LogP contribution in [0.3, 0.4) is 0 Å². The number of aryl methyl sites for hydroxylation is 1. The van der Waals surface area contributed by atoms with Gasteiger partial charge in [-0.05, 0) is 38.8 Å². The fraction of sp³-hybridized carbons (Fsp3) is 0.412. The normalized spacial score (nSPS) is 12.0. The van der Waals surface area contributed by atoms with Crippen LogP contribution in [-0.4, -0.2) is 28.0 Å². The molecule has 0 aliphatic rings. The SMILES string of the molecule is Cn1ncc2ccc(C=CCCNC(=O)OC(C)(C)C)cc21. The van der Waals surface area contributed by atoms with E-state index in [0.29, 0.717) is 6.54 Å². The van der Waals surface area contributed by atoms with Crippen LogP contribution in [0.25, 0.3) is 17.0 Å². The van der Waals surface area contributed by atoms with Crippen molar-refractivity contribution < 1.29 is 9.53 Å². The average Bonchev–Trinajstić information content (AvgIpc) is 2.78. The third kappa shape index (κ3) is 4.62. The van der Waals surface area contributed by atoms with Gasteiger partial charge >= 0.3 is 6.09 Å². The molecule has 0 fully saturated rings. The van der Waals surface area contributed by atoms with Gasteiger partial charge < -0.3 is 10.1 Å². The first kappa shape index (κ1) is 16.1. The number of fused-ring (bicyclic) bond motifs is 1. The Kier molecular flexibility index (Phi) is 4.85. The molecule has 22 heavy (non-hydrogen) atoms. The minimum Gasteiger partial charge on any atom is -0.444 e. The number of amides is 1. The zero-order valence-corrected chi connectivity index (χ0v) is 13.6. The number of carbonyl (C=O) groups is 1. The Morgan fingerprint density at radius 2 is 2.18 bits per heavy atom. The molecule has 0 atom stereocenters. The van der Waals surface area contributed by atoms with E-state index in [2.05, 4.69) is 28.6 Å². The van der Waals surface area contributed by atoms with Gasteiger partial charge in [0.05, 0.1) is 11.7 Å². The number of rotatable bonds is 4. The lowest BCUT2D eigenvalue weighted by Gasteiger charge is -2.19. The van der Waals surface area contributed by atoms with Crippen molar-refractivity contribution in [2.75, 3.05) is 6.54 Å². The number of carbonyl (C=O) groups excluding carboxylic acids is 1. The molecular weight excluding hydrogens is 278 g/mol. The lowest BCUT2D eigenvalue weighted by molar-refractivity contribution is 0.0529. The minimum atomic E-state index is -0.460. The second kappa shape index (κ2) is 6.64. The molecule has 0 bridgehead atoms. The summed E-state index contributed by atoms with van der Waals surface area (Å²) in [6.45, 7) is 6.10. The molecular formula is C17H23N3O2. The molecule has 5 nitrogen and oxygen atoms in total. The summed E-state index contributed by atoms with van der Waals surface area (Å²) in [5.74, 6) is 0. The van der Waals surface area contributed by atoms with E-state index in [1.54, 1.807) is 0 Å². The lowest BCUT2D eigenvalue weighted by Crippen LogP contribution is -2.32. The first-order valence-corrected chi connectivity index (χ1v) is 7.40. The molecule has 0 saturated heterocycles. The summed E-state index contributed by atoms with van der Waals surface area (Å²) in [5.41, 5.74) is 1.76. The van der Waals surface area contributed by atoms with Crippen LogP contribution in [0, 0.1) is 0 Å². The first-order chi connectivity index (χ1) is 10.3. The number of hydrogen-bond donors (Lipinski definition) is 1. The average molecular weight is 301 g/mol. The fourth-order valence-electron chi connectivity index (χ4n) is 2.06. The van der Waals surface area contributed by atoms with Crippen LogP contribution < -0.4 is 5.32 Å². The topological polar surface area (TPSA) is 56.2 Å². The van der Waals surface area contributed by atoms with E-state index in [9.17, 15) is 4.79 Å². The number of aromatic nitrogens is 2. The van der Waals surface area contributed by atoms with Crippen molar-refractivity contribution in [3.8, 4) is 0 Å². The highest BCUT2D eigenvalue weighted by Crippen LogP contribution is 2.15. The molecule has 2 rings (SSSR count). The Morgan fingerprint density at radius 3 is 2.91 bits per heavy atom. The Hall–Kier alpha value is -2.30. The molecule has 0 aliphatic heterocycles.